The molecule has 2 N–H and O–H groups in total. The maximum absolute atomic E-state index is 12.6. The van der Waals surface area contributed by atoms with Crippen LogP contribution in [0, 0.1) is 31.6 Å². The van der Waals surface area contributed by atoms with E-state index in [1.54, 1.807) is 19.1 Å². The van der Waals surface area contributed by atoms with Crippen molar-refractivity contribution in [2.24, 2.45) is 5.92 Å². The first-order chi connectivity index (χ1) is 16.9. The van der Waals surface area contributed by atoms with E-state index in [0.717, 1.165) is 28.8 Å². The summed E-state index contributed by atoms with van der Waals surface area (Å²) in [7, 11) is 0. The molecule has 3 rings (SSSR count). The Bertz CT molecular complexity index is 1310. The van der Waals surface area contributed by atoms with Crippen molar-refractivity contribution in [3.8, 4) is 28.7 Å². The molecule has 37 heavy (non-hydrogen) atoms. The van der Waals surface area contributed by atoms with Crippen molar-refractivity contribution >= 4 is 24.0 Å². The largest absolute Gasteiger partial charge is 0.573 e. The smallest absolute Gasteiger partial charge is 0.406 e. The van der Waals surface area contributed by atoms with Gasteiger partial charge in [-0.3, -0.25) is 10.1 Å². The van der Waals surface area contributed by atoms with Crippen LogP contribution in [0.15, 0.2) is 53.3 Å². The van der Waals surface area contributed by atoms with Crippen LogP contribution in [0.2, 0.25) is 5.02 Å². The zero-order valence-electron chi connectivity index (χ0n) is 20.9. The monoisotopic (exact) mass is 552 g/mol. The topological polar surface area (TPSA) is 54.1 Å². The van der Waals surface area contributed by atoms with E-state index in [0.29, 0.717) is 23.7 Å². The van der Waals surface area contributed by atoms with Gasteiger partial charge in [-0.05, 0) is 61.6 Å². The molecule has 0 bridgehead atoms. The first kappa shape index (κ1) is 30.3. The summed E-state index contributed by atoms with van der Waals surface area (Å²) >= 11 is 6.13. The highest BCUT2D eigenvalue weighted by Crippen LogP contribution is 2.27. The van der Waals surface area contributed by atoms with Gasteiger partial charge in [0, 0.05) is 28.6 Å². The summed E-state index contributed by atoms with van der Waals surface area (Å²) in [5.74, 6) is 6.32. The van der Waals surface area contributed by atoms with Gasteiger partial charge in [-0.15, -0.1) is 25.6 Å². The van der Waals surface area contributed by atoms with Crippen LogP contribution in [-0.4, -0.2) is 17.9 Å². The molecule has 4 nitrogen and oxygen atoms in total. The average Bonchev–Trinajstić information content (AvgIpc) is 2.80. The number of hydrogen-bond donors (Lipinski definition) is 2. The Labute approximate surface area is 226 Å². The van der Waals surface area contributed by atoms with Gasteiger partial charge in [-0.2, -0.15) is 0 Å². The lowest BCUT2D eigenvalue weighted by Crippen LogP contribution is -2.23. The fourth-order valence-electron chi connectivity index (χ4n) is 3.95. The summed E-state index contributed by atoms with van der Waals surface area (Å²) in [5.41, 5.74) is 4.13. The molecule has 0 aliphatic rings. The number of benzene rings is 2. The number of nitrogens with one attached hydrogen (secondary N) is 2. The van der Waals surface area contributed by atoms with Gasteiger partial charge in [0.05, 0.1) is 6.54 Å². The van der Waals surface area contributed by atoms with E-state index in [4.69, 9.17) is 11.6 Å². The molecular formula is C28H29Cl2F3N2O2. The summed E-state index contributed by atoms with van der Waals surface area (Å²) in [6.07, 6.45) is -3.92. The molecule has 0 saturated heterocycles. The van der Waals surface area contributed by atoms with Crippen LogP contribution in [0.4, 0.5) is 13.2 Å². The van der Waals surface area contributed by atoms with Gasteiger partial charge in [0.15, 0.2) is 0 Å². The lowest BCUT2D eigenvalue weighted by Gasteiger charge is -2.20. The molecule has 1 aromatic heterocycles. The van der Waals surface area contributed by atoms with Gasteiger partial charge in [0.2, 0.25) is 5.43 Å². The van der Waals surface area contributed by atoms with E-state index < -0.39 is 6.36 Å². The van der Waals surface area contributed by atoms with Crippen molar-refractivity contribution in [3.05, 3.63) is 86.3 Å². The molecule has 1 atom stereocenters. The number of aromatic nitrogens is 1. The van der Waals surface area contributed by atoms with Crippen molar-refractivity contribution in [1.82, 2.24) is 10.3 Å². The Morgan fingerprint density at radius 2 is 1.65 bits per heavy atom. The van der Waals surface area contributed by atoms with Crippen LogP contribution in [-0.2, 0) is 0 Å². The molecule has 0 aliphatic carbocycles. The molecule has 198 valence electrons. The summed E-state index contributed by atoms with van der Waals surface area (Å²) < 4.78 is 41.2. The third kappa shape index (κ3) is 8.57. The Morgan fingerprint density at radius 3 is 2.22 bits per heavy atom. The van der Waals surface area contributed by atoms with Crippen LogP contribution < -0.4 is 15.5 Å². The van der Waals surface area contributed by atoms with Crippen molar-refractivity contribution in [1.29, 1.82) is 0 Å². The van der Waals surface area contributed by atoms with Crippen LogP contribution >= 0.6 is 24.0 Å². The Kier molecular flexibility index (Phi) is 10.7. The third-order valence-corrected chi connectivity index (χ3v) is 6.03. The van der Waals surface area contributed by atoms with Gasteiger partial charge >= 0.3 is 6.36 Å². The normalized spacial score (nSPS) is 11.9. The number of H-pyrrole nitrogens is 1. The zero-order valence-corrected chi connectivity index (χ0v) is 22.5. The molecule has 2 aromatic carbocycles. The minimum atomic E-state index is -4.72. The molecule has 0 aliphatic heterocycles. The first-order valence-electron chi connectivity index (χ1n) is 11.5. The second kappa shape index (κ2) is 13.0. The van der Waals surface area contributed by atoms with Crippen LogP contribution in [0.1, 0.15) is 48.8 Å². The first-order valence-corrected chi connectivity index (χ1v) is 11.9. The highest BCUT2D eigenvalue weighted by Gasteiger charge is 2.31. The van der Waals surface area contributed by atoms with E-state index in [1.807, 2.05) is 31.2 Å². The molecule has 0 radical (unpaired) electrons. The van der Waals surface area contributed by atoms with Gasteiger partial charge in [-0.1, -0.05) is 61.6 Å². The summed E-state index contributed by atoms with van der Waals surface area (Å²) in [6.45, 7) is 8.15. The number of hydrogen-bond acceptors (Lipinski definition) is 3. The van der Waals surface area contributed by atoms with Crippen molar-refractivity contribution in [3.63, 3.8) is 0 Å². The molecule has 0 saturated carbocycles. The van der Waals surface area contributed by atoms with Crippen molar-refractivity contribution < 1.29 is 17.9 Å². The number of alkyl halides is 3. The maximum atomic E-state index is 12.6. The minimum absolute atomic E-state index is 0. The number of pyridine rings is 1. The number of aryl methyl sites for hydroxylation is 2. The predicted molar refractivity (Wildman–Crippen MR) is 144 cm³/mol. The van der Waals surface area contributed by atoms with Gasteiger partial charge < -0.3 is 9.72 Å². The van der Waals surface area contributed by atoms with E-state index in [-0.39, 0.29) is 34.6 Å². The van der Waals surface area contributed by atoms with E-state index in [2.05, 4.69) is 40.7 Å². The van der Waals surface area contributed by atoms with E-state index in [9.17, 15) is 18.0 Å². The average molecular weight is 553 g/mol. The fraction of sp³-hybridized carbons (Fsp3) is 0.321. The number of ether oxygens (including phenoxy) is 1. The van der Waals surface area contributed by atoms with Crippen molar-refractivity contribution in [2.45, 2.75) is 46.5 Å². The summed E-state index contributed by atoms with van der Waals surface area (Å²) in [6, 6.07) is 13.2. The van der Waals surface area contributed by atoms with Gasteiger partial charge in [0.1, 0.15) is 10.8 Å². The molecule has 1 unspecified atom stereocenters. The number of aromatic amines is 1. The second-order valence-electron chi connectivity index (χ2n) is 8.95. The molecule has 3 aromatic rings. The summed E-state index contributed by atoms with van der Waals surface area (Å²) in [5, 5.41) is 3.56. The SMILES string of the molecule is Cc1[nH]c(C)c(-c2ccc(C#CCNC(CC(C)C)c3ccc(OC(F)(F)F)cc3)cc2)c(=O)c1Cl.Cl. The lowest BCUT2D eigenvalue weighted by molar-refractivity contribution is -0.274. The third-order valence-electron chi connectivity index (χ3n) is 5.57. The van der Waals surface area contributed by atoms with Gasteiger partial charge in [-0.25, -0.2) is 0 Å². The Balaban J connectivity index is 0.00000481. The second-order valence-corrected chi connectivity index (χ2v) is 9.33. The molecule has 0 amide bonds. The molecule has 0 spiro atoms. The maximum Gasteiger partial charge on any atom is 0.573 e. The molecule has 9 heteroatoms. The highest BCUT2D eigenvalue weighted by atomic mass is 35.5. The predicted octanol–water partition coefficient (Wildman–Crippen LogP) is 7.36. The fourth-order valence-corrected chi connectivity index (χ4v) is 4.09. The minimum Gasteiger partial charge on any atom is -0.406 e. The Morgan fingerprint density at radius 1 is 1.03 bits per heavy atom. The highest BCUT2D eigenvalue weighted by molar-refractivity contribution is 6.31. The molecule has 0 fully saturated rings. The number of halogens is 5. The number of rotatable bonds is 7. The standard InChI is InChI=1S/C28H28ClF3N2O2.ClH/c1-17(2)16-24(21-11-13-23(14-12-21)36-28(30,31)32)33-15-5-6-20-7-9-22(10-8-20)25-18(3)34-19(4)26(29)27(25)35;/h7-14,17,24,33H,15-16H2,1-4H3,(H,34,35);1H. The van der Waals surface area contributed by atoms with E-state index >= 15 is 0 Å². The molecule has 1 heterocycles. The molecular weight excluding hydrogens is 524 g/mol. The van der Waals surface area contributed by atoms with Crippen molar-refractivity contribution in [2.75, 3.05) is 6.54 Å². The zero-order chi connectivity index (χ0) is 26.5. The van der Waals surface area contributed by atoms with Crippen LogP contribution in [0.25, 0.3) is 11.1 Å². The Hall–Kier alpha value is -2.92. The van der Waals surface area contributed by atoms with Crippen LogP contribution in [0.5, 0.6) is 5.75 Å². The summed E-state index contributed by atoms with van der Waals surface area (Å²) in [4.78, 5) is 15.7. The van der Waals surface area contributed by atoms with Gasteiger partial charge in [0.25, 0.3) is 0 Å². The quantitative estimate of drug-likeness (QED) is 0.301. The van der Waals surface area contributed by atoms with E-state index in [1.165, 1.54) is 12.1 Å². The lowest BCUT2D eigenvalue weighted by atomic mass is 9.97. The van der Waals surface area contributed by atoms with Crippen LogP contribution in [0.3, 0.4) is 0 Å².